The van der Waals surface area contributed by atoms with Crippen molar-refractivity contribution >= 4 is 28.5 Å². The molecule has 0 bridgehead atoms. The van der Waals surface area contributed by atoms with Gasteiger partial charge in [0.1, 0.15) is 11.3 Å². The van der Waals surface area contributed by atoms with Gasteiger partial charge in [0.25, 0.3) is 0 Å². The van der Waals surface area contributed by atoms with E-state index < -0.39 is 12.1 Å². The number of hydrogen-bond acceptors (Lipinski definition) is 4. The van der Waals surface area contributed by atoms with Gasteiger partial charge in [0, 0.05) is 18.1 Å². The molecule has 3 N–H and O–H groups in total. The first-order valence-corrected chi connectivity index (χ1v) is 5.64. The van der Waals surface area contributed by atoms with E-state index in [1.54, 1.807) is 30.5 Å². The van der Waals surface area contributed by atoms with Crippen LogP contribution < -0.4 is 10.5 Å². The lowest BCUT2D eigenvalue weighted by molar-refractivity contribution is -0.144. The Hall–Kier alpha value is -1.85. The number of nitrogens with two attached hydrogens (primary N) is 1. The molecule has 6 heteroatoms. The molecule has 0 spiro atoms. The molecule has 1 atom stereocenters. The summed E-state index contributed by atoms with van der Waals surface area (Å²) in [5, 5.41) is 10.1. The summed E-state index contributed by atoms with van der Waals surface area (Å²) in [6, 6.07) is 6.75. The van der Waals surface area contributed by atoms with Gasteiger partial charge in [-0.2, -0.15) is 0 Å². The largest absolute Gasteiger partial charge is 0.478 e. The van der Waals surface area contributed by atoms with Gasteiger partial charge in [-0.25, -0.2) is 4.79 Å². The molecule has 94 valence electrons. The molecule has 1 aromatic heterocycles. The molecular weight excluding hydrogens is 256 g/mol. The smallest absolute Gasteiger partial charge is 0.346 e. The zero-order valence-corrected chi connectivity index (χ0v) is 10.1. The summed E-state index contributed by atoms with van der Waals surface area (Å²) in [7, 11) is 0. The van der Waals surface area contributed by atoms with E-state index in [0.717, 1.165) is 0 Å². The van der Waals surface area contributed by atoms with Crippen LogP contribution in [0, 0.1) is 0 Å². The van der Waals surface area contributed by atoms with Crippen LogP contribution in [0.1, 0.15) is 0 Å². The minimum atomic E-state index is -1.11. The fraction of sp³-hybridized carbons (Fsp3) is 0.167. The van der Waals surface area contributed by atoms with Crippen molar-refractivity contribution in [2.45, 2.75) is 6.10 Å². The zero-order chi connectivity index (χ0) is 13.1. The number of hydrogen-bond donors (Lipinski definition) is 2. The summed E-state index contributed by atoms with van der Waals surface area (Å²) in [5.74, 6) is -0.760. The highest BCUT2D eigenvalue weighted by molar-refractivity contribution is 6.35. The normalized spacial score (nSPS) is 12.3. The van der Waals surface area contributed by atoms with E-state index in [-0.39, 0.29) is 6.54 Å². The molecule has 2 aromatic rings. The lowest BCUT2D eigenvalue weighted by Gasteiger charge is -2.14. The van der Waals surface area contributed by atoms with Crippen molar-refractivity contribution in [2.75, 3.05) is 6.54 Å². The number of rotatable bonds is 4. The van der Waals surface area contributed by atoms with Crippen LogP contribution in [0.15, 0.2) is 30.5 Å². The fourth-order valence-corrected chi connectivity index (χ4v) is 1.78. The average molecular weight is 267 g/mol. The highest BCUT2D eigenvalue weighted by Crippen LogP contribution is 2.30. The molecule has 0 aliphatic carbocycles. The highest BCUT2D eigenvalue weighted by Gasteiger charge is 2.19. The van der Waals surface area contributed by atoms with E-state index in [0.29, 0.717) is 21.7 Å². The molecule has 1 aromatic carbocycles. The van der Waals surface area contributed by atoms with Crippen LogP contribution in [-0.4, -0.2) is 28.7 Å². The first-order valence-electron chi connectivity index (χ1n) is 5.26. The van der Waals surface area contributed by atoms with Crippen LogP contribution >= 0.6 is 11.6 Å². The van der Waals surface area contributed by atoms with E-state index in [4.69, 9.17) is 27.2 Å². The Kier molecular flexibility index (Phi) is 3.64. The number of carboxylic acid groups (broad SMARTS) is 1. The van der Waals surface area contributed by atoms with Crippen molar-refractivity contribution in [2.24, 2.45) is 5.73 Å². The third-order valence-electron chi connectivity index (χ3n) is 2.44. The van der Waals surface area contributed by atoms with E-state index in [1.807, 2.05) is 0 Å². The van der Waals surface area contributed by atoms with E-state index in [1.165, 1.54) is 0 Å². The Morgan fingerprint density at radius 2 is 2.28 bits per heavy atom. The Labute approximate surface area is 108 Å². The molecule has 1 heterocycles. The first-order chi connectivity index (χ1) is 8.63. The van der Waals surface area contributed by atoms with Crippen LogP contribution in [0.3, 0.4) is 0 Å². The topological polar surface area (TPSA) is 85.4 Å². The molecule has 18 heavy (non-hydrogen) atoms. The average Bonchev–Trinajstić information content (AvgIpc) is 2.38. The number of ether oxygens (including phenoxy) is 1. The van der Waals surface area contributed by atoms with Crippen molar-refractivity contribution in [1.29, 1.82) is 0 Å². The quantitative estimate of drug-likeness (QED) is 0.879. The predicted octanol–water partition coefficient (Wildman–Crippen LogP) is 1.68. The maximum absolute atomic E-state index is 10.9. The molecule has 0 saturated carbocycles. The van der Waals surface area contributed by atoms with Gasteiger partial charge in [-0.1, -0.05) is 11.6 Å². The Morgan fingerprint density at radius 3 is 2.94 bits per heavy atom. The van der Waals surface area contributed by atoms with Crippen molar-refractivity contribution in [3.8, 4) is 5.75 Å². The van der Waals surface area contributed by atoms with Crippen molar-refractivity contribution < 1.29 is 14.6 Å². The number of nitrogens with zero attached hydrogens (tertiary/aromatic N) is 1. The molecule has 0 saturated heterocycles. The van der Waals surface area contributed by atoms with Crippen LogP contribution in [0.4, 0.5) is 0 Å². The monoisotopic (exact) mass is 266 g/mol. The van der Waals surface area contributed by atoms with Crippen LogP contribution in [-0.2, 0) is 4.79 Å². The number of benzene rings is 1. The van der Waals surface area contributed by atoms with Crippen molar-refractivity contribution in [1.82, 2.24) is 4.98 Å². The number of pyridine rings is 1. The number of fused-ring (bicyclic) bond motifs is 1. The lowest BCUT2D eigenvalue weighted by atomic mass is 10.2. The highest BCUT2D eigenvalue weighted by atomic mass is 35.5. The second-order valence-corrected chi connectivity index (χ2v) is 4.03. The molecule has 0 radical (unpaired) electrons. The summed E-state index contributed by atoms with van der Waals surface area (Å²) in [6.45, 7) is -0.119. The maximum atomic E-state index is 10.9. The second-order valence-electron chi connectivity index (χ2n) is 3.63. The molecule has 0 fully saturated rings. The second kappa shape index (κ2) is 5.20. The van der Waals surface area contributed by atoms with Gasteiger partial charge in [-0.05, 0) is 24.3 Å². The SMILES string of the molecule is NCC(Oc1ccc(Cl)c2cccnc12)C(=O)O. The first kappa shape index (κ1) is 12.6. The molecule has 5 nitrogen and oxygen atoms in total. The summed E-state index contributed by atoms with van der Waals surface area (Å²) < 4.78 is 5.35. The third-order valence-corrected chi connectivity index (χ3v) is 2.77. The van der Waals surface area contributed by atoms with E-state index in [9.17, 15) is 4.79 Å². The number of carbonyl (C=O) groups is 1. The minimum absolute atomic E-state index is 0.119. The maximum Gasteiger partial charge on any atom is 0.346 e. The van der Waals surface area contributed by atoms with Crippen LogP contribution in [0.2, 0.25) is 5.02 Å². The summed E-state index contributed by atoms with van der Waals surface area (Å²) in [4.78, 5) is 15.0. The molecule has 2 rings (SSSR count). The zero-order valence-electron chi connectivity index (χ0n) is 9.34. The summed E-state index contributed by atoms with van der Waals surface area (Å²) >= 11 is 6.03. The minimum Gasteiger partial charge on any atom is -0.478 e. The Morgan fingerprint density at radius 1 is 1.50 bits per heavy atom. The van der Waals surface area contributed by atoms with E-state index in [2.05, 4.69) is 4.98 Å². The fourth-order valence-electron chi connectivity index (χ4n) is 1.56. The lowest BCUT2D eigenvalue weighted by Crippen LogP contribution is -2.34. The summed E-state index contributed by atoms with van der Waals surface area (Å²) in [6.07, 6.45) is 0.486. The van der Waals surface area contributed by atoms with Gasteiger partial charge >= 0.3 is 5.97 Å². The van der Waals surface area contributed by atoms with Gasteiger partial charge in [-0.3, -0.25) is 4.98 Å². The van der Waals surface area contributed by atoms with Gasteiger partial charge in [0.15, 0.2) is 0 Å². The number of carboxylic acids is 1. The van der Waals surface area contributed by atoms with Gasteiger partial charge in [0.05, 0.1) is 5.02 Å². The molecule has 0 aliphatic rings. The molecule has 0 aliphatic heterocycles. The van der Waals surface area contributed by atoms with Crippen molar-refractivity contribution in [3.63, 3.8) is 0 Å². The van der Waals surface area contributed by atoms with Crippen LogP contribution in [0.5, 0.6) is 5.75 Å². The number of halogens is 1. The number of aliphatic carboxylic acids is 1. The van der Waals surface area contributed by atoms with Gasteiger partial charge in [0.2, 0.25) is 6.10 Å². The third kappa shape index (κ3) is 2.37. The molecule has 0 amide bonds. The van der Waals surface area contributed by atoms with Gasteiger partial charge in [-0.15, -0.1) is 0 Å². The molecule has 1 unspecified atom stereocenters. The Balaban J connectivity index is 2.45. The van der Waals surface area contributed by atoms with E-state index >= 15 is 0 Å². The standard InChI is InChI=1S/C12H11ClN2O3/c13-8-3-4-9(18-10(6-14)12(16)17)11-7(8)2-1-5-15-11/h1-5,10H,6,14H2,(H,16,17). The van der Waals surface area contributed by atoms with Gasteiger partial charge < -0.3 is 15.6 Å². The van der Waals surface area contributed by atoms with Crippen molar-refractivity contribution in [3.05, 3.63) is 35.5 Å². The Bertz CT molecular complexity index is 589. The molecular formula is C12H11ClN2O3. The predicted molar refractivity (Wildman–Crippen MR) is 67.9 cm³/mol. The number of aromatic nitrogens is 1. The van der Waals surface area contributed by atoms with Crippen LogP contribution in [0.25, 0.3) is 10.9 Å². The summed E-state index contributed by atoms with van der Waals surface area (Å²) in [5.41, 5.74) is 5.86.